The SMILES string of the molecule is CC(C)NC(=O)CN(C)[C@H](C)C(=O)Nc1cccc(C#N)c1. The van der Waals surface area contributed by atoms with Gasteiger partial charge in [-0.25, -0.2) is 0 Å². The van der Waals surface area contributed by atoms with Gasteiger partial charge in [0.2, 0.25) is 11.8 Å². The molecule has 0 saturated heterocycles. The van der Waals surface area contributed by atoms with Crippen LogP contribution in [0.15, 0.2) is 24.3 Å². The van der Waals surface area contributed by atoms with Gasteiger partial charge >= 0.3 is 0 Å². The van der Waals surface area contributed by atoms with Gasteiger partial charge in [0.1, 0.15) is 0 Å². The molecule has 2 N–H and O–H groups in total. The number of amides is 2. The molecule has 1 aromatic carbocycles. The molecule has 0 aliphatic rings. The van der Waals surface area contributed by atoms with Crippen molar-refractivity contribution in [3.8, 4) is 6.07 Å². The van der Waals surface area contributed by atoms with Crippen LogP contribution in [0.5, 0.6) is 0 Å². The van der Waals surface area contributed by atoms with Gasteiger partial charge in [0.15, 0.2) is 0 Å². The number of carbonyl (C=O) groups excluding carboxylic acids is 2. The van der Waals surface area contributed by atoms with Crippen molar-refractivity contribution in [2.75, 3.05) is 18.9 Å². The maximum Gasteiger partial charge on any atom is 0.241 e. The summed E-state index contributed by atoms with van der Waals surface area (Å²) in [5.74, 6) is -0.349. The van der Waals surface area contributed by atoms with Crippen LogP contribution in [0.25, 0.3) is 0 Å². The third kappa shape index (κ3) is 5.54. The average molecular weight is 302 g/mol. The van der Waals surface area contributed by atoms with Crippen molar-refractivity contribution >= 4 is 17.5 Å². The molecular weight excluding hydrogens is 280 g/mol. The average Bonchev–Trinajstić information content (AvgIpc) is 2.45. The van der Waals surface area contributed by atoms with E-state index in [2.05, 4.69) is 10.6 Å². The summed E-state index contributed by atoms with van der Waals surface area (Å²) in [6, 6.07) is 8.32. The Labute approximate surface area is 131 Å². The fourth-order valence-corrected chi connectivity index (χ4v) is 1.84. The fourth-order valence-electron chi connectivity index (χ4n) is 1.84. The Morgan fingerprint density at radius 2 is 2.00 bits per heavy atom. The van der Waals surface area contributed by atoms with Gasteiger partial charge in [-0.05, 0) is 46.0 Å². The molecule has 0 bridgehead atoms. The van der Waals surface area contributed by atoms with Crippen LogP contribution in [0.2, 0.25) is 0 Å². The highest BCUT2D eigenvalue weighted by Gasteiger charge is 2.20. The quantitative estimate of drug-likeness (QED) is 0.830. The Bertz CT molecular complexity index is 578. The van der Waals surface area contributed by atoms with Crippen molar-refractivity contribution in [3.63, 3.8) is 0 Å². The molecule has 1 aromatic rings. The summed E-state index contributed by atoms with van der Waals surface area (Å²) in [6.45, 7) is 5.64. The molecule has 2 amide bonds. The van der Waals surface area contributed by atoms with Crippen LogP contribution in [0.4, 0.5) is 5.69 Å². The van der Waals surface area contributed by atoms with Crippen molar-refractivity contribution in [1.29, 1.82) is 5.26 Å². The lowest BCUT2D eigenvalue weighted by Gasteiger charge is -2.23. The van der Waals surface area contributed by atoms with Gasteiger partial charge in [0.25, 0.3) is 0 Å². The molecule has 0 aliphatic heterocycles. The molecule has 6 nitrogen and oxygen atoms in total. The van der Waals surface area contributed by atoms with Crippen molar-refractivity contribution < 1.29 is 9.59 Å². The molecule has 0 heterocycles. The van der Waals surface area contributed by atoms with E-state index in [4.69, 9.17) is 5.26 Å². The molecule has 0 saturated carbocycles. The van der Waals surface area contributed by atoms with Crippen molar-refractivity contribution in [2.24, 2.45) is 0 Å². The van der Waals surface area contributed by atoms with Crippen LogP contribution in [0.1, 0.15) is 26.3 Å². The van der Waals surface area contributed by atoms with Crippen LogP contribution < -0.4 is 10.6 Å². The predicted octanol–water partition coefficient (Wildman–Crippen LogP) is 1.34. The van der Waals surface area contributed by atoms with Crippen LogP contribution in [0, 0.1) is 11.3 Å². The molecule has 0 aliphatic carbocycles. The lowest BCUT2D eigenvalue weighted by atomic mass is 10.2. The summed E-state index contributed by atoms with van der Waals surface area (Å²) < 4.78 is 0. The zero-order valence-electron chi connectivity index (χ0n) is 13.4. The predicted molar refractivity (Wildman–Crippen MR) is 85.2 cm³/mol. The van der Waals surface area contributed by atoms with E-state index in [1.54, 1.807) is 43.1 Å². The zero-order valence-corrected chi connectivity index (χ0v) is 13.4. The third-order valence-electron chi connectivity index (χ3n) is 3.14. The second-order valence-electron chi connectivity index (χ2n) is 5.50. The number of nitriles is 1. The first-order chi connectivity index (χ1) is 10.3. The smallest absolute Gasteiger partial charge is 0.241 e. The highest BCUT2D eigenvalue weighted by Crippen LogP contribution is 2.11. The standard InChI is InChI=1S/C16H22N4O2/c1-11(2)18-15(21)10-20(4)12(3)16(22)19-14-7-5-6-13(8-14)9-17/h5-8,11-12H,10H2,1-4H3,(H,18,21)(H,19,22)/t12-/m1/s1. The minimum Gasteiger partial charge on any atom is -0.353 e. The maximum atomic E-state index is 12.2. The number of nitrogens with zero attached hydrogens (tertiary/aromatic N) is 2. The fraction of sp³-hybridized carbons (Fsp3) is 0.438. The van der Waals surface area contributed by atoms with Crippen LogP contribution in [-0.4, -0.2) is 42.4 Å². The van der Waals surface area contributed by atoms with Gasteiger partial charge in [-0.3, -0.25) is 14.5 Å². The Hall–Kier alpha value is -2.39. The number of benzene rings is 1. The number of rotatable bonds is 6. The van der Waals surface area contributed by atoms with E-state index in [0.717, 1.165) is 0 Å². The maximum absolute atomic E-state index is 12.2. The van der Waals surface area contributed by atoms with Crippen molar-refractivity contribution in [1.82, 2.24) is 10.2 Å². The van der Waals surface area contributed by atoms with Gasteiger partial charge in [0.05, 0.1) is 24.2 Å². The lowest BCUT2D eigenvalue weighted by Crippen LogP contribution is -2.45. The monoisotopic (exact) mass is 302 g/mol. The van der Waals surface area contributed by atoms with E-state index in [-0.39, 0.29) is 24.4 Å². The Morgan fingerprint density at radius 1 is 1.32 bits per heavy atom. The number of nitrogens with one attached hydrogen (secondary N) is 2. The van der Waals surface area contributed by atoms with E-state index < -0.39 is 6.04 Å². The molecule has 22 heavy (non-hydrogen) atoms. The lowest BCUT2D eigenvalue weighted by molar-refractivity contribution is -0.125. The summed E-state index contributed by atoms with van der Waals surface area (Å²) in [5, 5.41) is 14.4. The summed E-state index contributed by atoms with van der Waals surface area (Å²) >= 11 is 0. The van der Waals surface area contributed by atoms with Crippen LogP contribution >= 0.6 is 0 Å². The van der Waals surface area contributed by atoms with E-state index in [9.17, 15) is 9.59 Å². The van der Waals surface area contributed by atoms with Gasteiger partial charge in [-0.1, -0.05) is 6.07 Å². The topological polar surface area (TPSA) is 85.2 Å². The summed E-state index contributed by atoms with van der Waals surface area (Å²) in [6.07, 6.45) is 0. The number of hydrogen-bond donors (Lipinski definition) is 2. The summed E-state index contributed by atoms with van der Waals surface area (Å²) in [5.41, 5.74) is 1.05. The summed E-state index contributed by atoms with van der Waals surface area (Å²) in [4.78, 5) is 25.6. The molecule has 1 rings (SSSR count). The second kappa shape index (κ2) is 8.15. The zero-order chi connectivity index (χ0) is 16.7. The highest BCUT2D eigenvalue weighted by atomic mass is 16.2. The molecule has 0 unspecified atom stereocenters. The molecule has 0 spiro atoms. The van der Waals surface area contributed by atoms with E-state index in [1.807, 2.05) is 19.9 Å². The van der Waals surface area contributed by atoms with Crippen molar-refractivity contribution in [3.05, 3.63) is 29.8 Å². The van der Waals surface area contributed by atoms with E-state index >= 15 is 0 Å². The minimum atomic E-state index is -0.469. The molecule has 6 heteroatoms. The summed E-state index contributed by atoms with van der Waals surface area (Å²) in [7, 11) is 1.72. The van der Waals surface area contributed by atoms with Gasteiger partial charge in [0, 0.05) is 11.7 Å². The van der Waals surface area contributed by atoms with Gasteiger partial charge in [-0.2, -0.15) is 5.26 Å². The third-order valence-corrected chi connectivity index (χ3v) is 3.14. The van der Waals surface area contributed by atoms with Gasteiger partial charge in [-0.15, -0.1) is 0 Å². The van der Waals surface area contributed by atoms with E-state index in [0.29, 0.717) is 11.3 Å². The first-order valence-electron chi connectivity index (χ1n) is 7.14. The first kappa shape index (κ1) is 17.7. The normalized spacial score (nSPS) is 11.9. The van der Waals surface area contributed by atoms with E-state index in [1.165, 1.54) is 0 Å². The van der Waals surface area contributed by atoms with Crippen LogP contribution in [-0.2, 0) is 9.59 Å². The van der Waals surface area contributed by atoms with Gasteiger partial charge < -0.3 is 10.6 Å². The largest absolute Gasteiger partial charge is 0.353 e. The second-order valence-corrected chi connectivity index (χ2v) is 5.50. The molecule has 118 valence electrons. The molecule has 0 aromatic heterocycles. The van der Waals surface area contributed by atoms with Crippen molar-refractivity contribution in [2.45, 2.75) is 32.9 Å². The Morgan fingerprint density at radius 3 is 2.59 bits per heavy atom. The highest BCUT2D eigenvalue weighted by molar-refractivity contribution is 5.95. The number of carbonyl (C=O) groups is 2. The number of hydrogen-bond acceptors (Lipinski definition) is 4. The minimum absolute atomic E-state index is 0.0683. The Balaban J connectivity index is 2.60. The number of likely N-dealkylation sites (N-methyl/N-ethyl adjacent to an activating group) is 1. The molecular formula is C16H22N4O2. The molecule has 0 radical (unpaired) electrons. The van der Waals surface area contributed by atoms with Crippen LogP contribution in [0.3, 0.4) is 0 Å². The Kier molecular flexibility index (Phi) is 6.54. The molecule has 1 atom stereocenters. The first-order valence-corrected chi connectivity index (χ1v) is 7.14. The number of anilines is 1. The molecule has 0 fully saturated rings.